The maximum Gasteiger partial charge on any atom is 0.166 e. The summed E-state index contributed by atoms with van der Waals surface area (Å²) in [5, 5.41) is 4.03. The van der Waals surface area contributed by atoms with Gasteiger partial charge in [0.05, 0.1) is 6.54 Å². The van der Waals surface area contributed by atoms with Gasteiger partial charge in [0, 0.05) is 24.9 Å². The summed E-state index contributed by atoms with van der Waals surface area (Å²) in [4.78, 5) is 0. The van der Waals surface area contributed by atoms with Gasteiger partial charge in [-0.3, -0.25) is 4.68 Å². The summed E-state index contributed by atoms with van der Waals surface area (Å²) in [6.07, 6.45) is 1.53. The maximum atomic E-state index is 13.4. The van der Waals surface area contributed by atoms with E-state index in [0.29, 0.717) is 5.82 Å². The van der Waals surface area contributed by atoms with Gasteiger partial charge in [0.1, 0.15) is 5.82 Å². The molecule has 0 radical (unpaired) electrons. The van der Waals surface area contributed by atoms with Crippen molar-refractivity contribution in [1.82, 2.24) is 9.78 Å². The molecule has 0 fully saturated rings. The molecule has 2 aromatic rings. The molecule has 18 heavy (non-hydrogen) atoms. The summed E-state index contributed by atoms with van der Waals surface area (Å²) >= 11 is 4.03. The molecule has 7 heteroatoms. The summed E-state index contributed by atoms with van der Waals surface area (Å²) < 4.78 is 42.6. The van der Waals surface area contributed by atoms with Crippen LogP contribution < -0.4 is 4.31 Å². The summed E-state index contributed by atoms with van der Waals surface area (Å²) in [5.41, 5.74) is -0.355. The molecule has 0 aliphatic heterocycles. The van der Waals surface area contributed by atoms with Crippen LogP contribution in [0.5, 0.6) is 0 Å². The molecule has 0 aliphatic rings. The molecule has 1 heterocycles. The van der Waals surface area contributed by atoms with E-state index in [9.17, 15) is 13.2 Å². The molecule has 3 nitrogen and oxygen atoms in total. The Morgan fingerprint density at radius 2 is 1.89 bits per heavy atom. The standard InChI is InChI=1S/C11H10F3N3S/c1-16(18)10-4-5-17(15-10)6-7-8(12)2-3-9(13)11(7)14/h2-5,18H,6H2,1H3. The van der Waals surface area contributed by atoms with Gasteiger partial charge in [-0.2, -0.15) is 5.10 Å². The van der Waals surface area contributed by atoms with Gasteiger partial charge in [0.25, 0.3) is 0 Å². The van der Waals surface area contributed by atoms with E-state index in [-0.39, 0.29) is 12.1 Å². The third-order valence-electron chi connectivity index (χ3n) is 2.42. The predicted molar refractivity (Wildman–Crippen MR) is 65.0 cm³/mol. The fourth-order valence-corrected chi connectivity index (χ4v) is 1.59. The lowest BCUT2D eigenvalue weighted by atomic mass is 10.2. The second-order valence-electron chi connectivity index (χ2n) is 3.72. The lowest BCUT2D eigenvalue weighted by Gasteiger charge is -2.07. The van der Waals surface area contributed by atoms with Gasteiger partial charge >= 0.3 is 0 Å². The van der Waals surface area contributed by atoms with E-state index >= 15 is 0 Å². The van der Waals surface area contributed by atoms with Crippen molar-refractivity contribution in [3.8, 4) is 0 Å². The van der Waals surface area contributed by atoms with Crippen molar-refractivity contribution < 1.29 is 13.2 Å². The second kappa shape index (κ2) is 4.93. The third kappa shape index (κ3) is 2.45. The topological polar surface area (TPSA) is 21.1 Å². The summed E-state index contributed by atoms with van der Waals surface area (Å²) in [7, 11) is 1.67. The van der Waals surface area contributed by atoms with Crippen LogP contribution in [0.15, 0.2) is 24.4 Å². The molecule has 0 aliphatic carbocycles. The fourth-order valence-electron chi connectivity index (χ4n) is 1.49. The molecule has 0 unspecified atom stereocenters. The number of thiol groups is 1. The van der Waals surface area contributed by atoms with Gasteiger partial charge in [-0.05, 0) is 12.1 Å². The average Bonchev–Trinajstić information content (AvgIpc) is 2.78. The molecule has 0 amide bonds. The van der Waals surface area contributed by atoms with Crippen LogP contribution >= 0.6 is 12.8 Å². The Kier molecular flexibility index (Phi) is 3.51. The number of hydrogen-bond donors (Lipinski definition) is 1. The highest BCUT2D eigenvalue weighted by molar-refractivity contribution is 7.81. The van der Waals surface area contributed by atoms with Crippen molar-refractivity contribution in [2.45, 2.75) is 6.54 Å². The van der Waals surface area contributed by atoms with Crippen molar-refractivity contribution in [3.63, 3.8) is 0 Å². The number of nitrogens with zero attached hydrogens (tertiary/aromatic N) is 3. The van der Waals surface area contributed by atoms with Crippen LogP contribution in [0, 0.1) is 17.5 Å². The Labute approximate surface area is 107 Å². The zero-order valence-corrected chi connectivity index (χ0v) is 10.3. The molecular weight excluding hydrogens is 263 g/mol. The molecule has 0 N–H and O–H groups in total. The Hall–Kier alpha value is -1.63. The largest absolute Gasteiger partial charge is 0.305 e. The van der Waals surface area contributed by atoms with E-state index in [4.69, 9.17) is 0 Å². The van der Waals surface area contributed by atoms with Gasteiger partial charge in [-0.25, -0.2) is 13.2 Å². The first kappa shape index (κ1) is 12.8. The molecule has 0 bridgehead atoms. The van der Waals surface area contributed by atoms with Crippen LogP contribution in [0.25, 0.3) is 0 Å². The Morgan fingerprint density at radius 3 is 2.50 bits per heavy atom. The van der Waals surface area contributed by atoms with E-state index in [0.717, 1.165) is 12.1 Å². The lowest BCUT2D eigenvalue weighted by molar-refractivity contribution is 0.470. The van der Waals surface area contributed by atoms with Crippen molar-refractivity contribution in [2.24, 2.45) is 0 Å². The molecule has 0 spiro atoms. The SMILES string of the molecule is CN(S)c1ccn(Cc2c(F)ccc(F)c2F)n1. The molecule has 1 aromatic heterocycles. The maximum absolute atomic E-state index is 13.4. The highest BCUT2D eigenvalue weighted by Gasteiger charge is 2.14. The van der Waals surface area contributed by atoms with Crippen molar-refractivity contribution in [3.05, 3.63) is 47.4 Å². The number of hydrogen-bond acceptors (Lipinski definition) is 3. The van der Waals surface area contributed by atoms with Crippen LogP contribution in [-0.2, 0) is 6.54 Å². The minimum atomic E-state index is -1.19. The van der Waals surface area contributed by atoms with Gasteiger partial charge in [-0.1, -0.05) is 12.8 Å². The first-order valence-electron chi connectivity index (χ1n) is 5.07. The molecule has 0 atom stereocenters. The molecular formula is C11H10F3N3S. The second-order valence-corrected chi connectivity index (χ2v) is 4.32. The molecule has 2 rings (SSSR count). The van der Waals surface area contributed by atoms with E-state index in [1.54, 1.807) is 13.1 Å². The minimum absolute atomic E-state index is 0.183. The lowest BCUT2D eigenvalue weighted by Crippen LogP contribution is -2.08. The van der Waals surface area contributed by atoms with Crippen molar-refractivity contribution >= 4 is 18.6 Å². The fraction of sp³-hybridized carbons (Fsp3) is 0.182. The minimum Gasteiger partial charge on any atom is -0.305 e. The average molecular weight is 273 g/mol. The van der Waals surface area contributed by atoms with Gasteiger partial charge < -0.3 is 4.31 Å². The Balaban J connectivity index is 2.31. The van der Waals surface area contributed by atoms with Crippen LogP contribution in [0.4, 0.5) is 19.0 Å². The van der Waals surface area contributed by atoms with Crippen molar-refractivity contribution in [1.29, 1.82) is 0 Å². The smallest absolute Gasteiger partial charge is 0.166 e. The molecule has 0 saturated heterocycles. The van der Waals surface area contributed by atoms with E-state index in [2.05, 4.69) is 17.9 Å². The van der Waals surface area contributed by atoms with E-state index < -0.39 is 17.5 Å². The zero-order chi connectivity index (χ0) is 13.3. The van der Waals surface area contributed by atoms with E-state index in [1.165, 1.54) is 15.2 Å². The van der Waals surface area contributed by atoms with Crippen LogP contribution in [-0.4, -0.2) is 16.8 Å². The highest BCUT2D eigenvalue weighted by Crippen LogP contribution is 2.18. The number of benzene rings is 1. The van der Waals surface area contributed by atoms with Gasteiger partial charge in [-0.15, -0.1) is 0 Å². The van der Waals surface area contributed by atoms with Crippen molar-refractivity contribution in [2.75, 3.05) is 11.4 Å². The Morgan fingerprint density at radius 1 is 1.22 bits per heavy atom. The van der Waals surface area contributed by atoms with Crippen LogP contribution in [0.3, 0.4) is 0 Å². The summed E-state index contributed by atoms with van der Waals surface area (Å²) in [5.74, 6) is -2.54. The van der Waals surface area contributed by atoms with Gasteiger partial charge in [0.2, 0.25) is 0 Å². The van der Waals surface area contributed by atoms with Gasteiger partial charge in [0.15, 0.2) is 17.5 Å². The quantitative estimate of drug-likeness (QED) is 0.685. The first-order valence-corrected chi connectivity index (χ1v) is 5.47. The molecule has 0 saturated carbocycles. The van der Waals surface area contributed by atoms with Crippen LogP contribution in [0.1, 0.15) is 5.56 Å². The number of aromatic nitrogens is 2. The third-order valence-corrected chi connectivity index (χ3v) is 2.62. The molecule has 1 aromatic carbocycles. The van der Waals surface area contributed by atoms with E-state index in [1.807, 2.05) is 0 Å². The summed E-state index contributed by atoms with van der Waals surface area (Å²) in [6, 6.07) is 3.27. The number of anilines is 1. The first-order chi connectivity index (χ1) is 8.49. The monoisotopic (exact) mass is 273 g/mol. The number of halogens is 3. The Bertz CT molecular complexity index is 569. The highest BCUT2D eigenvalue weighted by atomic mass is 32.1. The van der Waals surface area contributed by atoms with Crippen LogP contribution in [0.2, 0.25) is 0 Å². The predicted octanol–water partition coefficient (Wildman–Crippen LogP) is 2.63. The normalized spacial score (nSPS) is 10.7. The zero-order valence-electron chi connectivity index (χ0n) is 9.44. The molecule has 96 valence electrons. The number of rotatable bonds is 3. The summed E-state index contributed by atoms with van der Waals surface area (Å²) in [6.45, 7) is -0.183.